The minimum Gasteiger partial charge on any atom is -0.391 e. The molecule has 2 aromatic rings. The third-order valence-corrected chi connectivity index (χ3v) is 4.56. The van der Waals surface area contributed by atoms with E-state index in [4.69, 9.17) is 0 Å². The van der Waals surface area contributed by atoms with Gasteiger partial charge in [-0.3, -0.25) is 14.8 Å². The van der Waals surface area contributed by atoms with Gasteiger partial charge in [-0.2, -0.15) is 5.10 Å². The van der Waals surface area contributed by atoms with Gasteiger partial charge in [-0.15, -0.1) is 0 Å². The van der Waals surface area contributed by atoms with Crippen LogP contribution in [0.25, 0.3) is 0 Å². The molecule has 0 bridgehead atoms. The first-order chi connectivity index (χ1) is 11.5. The smallest absolute Gasteiger partial charge is 0.251 e. The first-order valence-electron chi connectivity index (χ1n) is 8.27. The summed E-state index contributed by atoms with van der Waals surface area (Å²) in [5, 5.41) is 20.2. The number of β-amino-alcohol motifs (C(OH)–C–C–N with tert-alkyl or cyclic N) is 1. The first-order valence-corrected chi connectivity index (χ1v) is 8.27. The maximum Gasteiger partial charge on any atom is 0.251 e. The molecule has 3 rings (SSSR count). The van der Waals surface area contributed by atoms with Crippen molar-refractivity contribution in [3.05, 3.63) is 52.8 Å². The van der Waals surface area contributed by atoms with Crippen molar-refractivity contribution in [2.45, 2.75) is 26.0 Å². The molecule has 1 saturated heterocycles. The number of nitrogens with one attached hydrogen (secondary N) is 2. The standard InChI is InChI=1S/C18H24N4O2/c1-12-7-16(21-20-12)8-15-10-22(11-17(15)23)9-13-3-5-14(6-4-13)18(24)19-2/h3-7,15,17,23H,8-11H2,1-2H3,(H,19,24)(H,20,21)/t15-,17-/m1/s1. The van der Waals surface area contributed by atoms with Crippen molar-refractivity contribution >= 4 is 5.91 Å². The molecule has 6 nitrogen and oxygen atoms in total. The van der Waals surface area contributed by atoms with Crippen LogP contribution in [0.5, 0.6) is 0 Å². The molecule has 1 aromatic carbocycles. The number of aryl methyl sites for hydroxylation is 1. The number of hydrogen-bond acceptors (Lipinski definition) is 4. The number of rotatable bonds is 5. The van der Waals surface area contributed by atoms with Crippen molar-refractivity contribution in [2.24, 2.45) is 5.92 Å². The average Bonchev–Trinajstić information content (AvgIpc) is 3.13. The number of carbonyl (C=O) groups excluding carboxylic acids is 1. The molecule has 0 radical (unpaired) electrons. The molecular weight excluding hydrogens is 304 g/mol. The zero-order valence-corrected chi connectivity index (χ0v) is 14.1. The highest BCUT2D eigenvalue weighted by molar-refractivity contribution is 5.93. The Bertz CT molecular complexity index is 695. The molecule has 1 aromatic heterocycles. The highest BCUT2D eigenvalue weighted by Crippen LogP contribution is 2.23. The van der Waals surface area contributed by atoms with Crippen LogP contribution in [0.1, 0.15) is 27.3 Å². The highest BCUT2D eigenvalue weighted by Gasteiger charge is 2.31. The van der Waals surface area contributed by atoms with E-state index >= 15 is 0 Å². The topological polar surface area (TPSA) is 81.2 Å². The molecule has 1 fully saturated rings. The minimum absolute atomic E-state index is 0.0764. The van der Waals surface area contributed by atoms with E-state index in [9.17, 15) is 9.90 Å². The molecule has 1 aliphatic rings. The SMILES string of the molecule is CNC(=O)c1ccc(CN2C[C@@H](Cc3cc(C)[nH]n3)[C@H](O)C2)cc1. The summed E-state index contributed by atoms with van der Waals surface area (Å²) in [5.74, 6) is 0.130. The van der Waals surface area contributed by atoms with Gasteiger partial charge in [0.25, 0.3) is 5.91 Å². The maximum atomic E-state index is 11.6. The van der Waals surface area contributed by atoms with Crippen LogP contribution in [-0.2, 0) is 13.0 Å². The molecule has 0 saturated carbocycles. The summed E-state index contributed by atoms with van der Waals surface area (Å²) >= 11 is 0. The maximum absolute atomic E-state index is 11.6. The third-order valence-electron chi connectivity index (χ3n) is 4.56. The number of aromatic amines is 1. The van der Waals surface area contributed by atoms with Crippen molar-refractivity contribution < 1.29 is 9.90 Å². The predicted octanol–water partition coefficient (Wildman–Crippen LogP) is 1.11. The van der Waals surface area contributed by atoms with E-state index in [1.807, 2.05) is 37.3 Å². The van der Waals surface area contributed by atoms with Gasteiger partial charge in [0.2, 0.25) is 0 Å². The van der Waals surface area contributed by atoms with E-state index in [0.717, 1.165) is 36.5 Å². The number of aliphatic hydroxyl groups excluding tert-OH is 1. The van der Waals surface area contributed by atoms with Crippen molar-refractivity contribution in [3.63, 3.8) is 0 Å². The fourth-order valence-corrected chi connectivity index (χ4v) is 3.28. The summed E-state index contributed by atoms with van der Waals surface area (Å²) in [4.78, 5) is 13.8. The Labute approximate surface area is 141 Å². The molecular formula is C18H24N4O2. The third kappa shape index (κ3) is 3.83. The number of amides is 1. The van der Waals surface area contributed by atoms with E-state index in [1.165, 1.54) is 0 Å². The van der Waals surface area contributed by atoms with Crippen LogP contribution < -0.4 is 5.32 Å². The largest absolute Gasteiger partial charge is 0.391 e. The molecule has 0 spiro atoms. The van der Waals surface area contributed by atoms with Crippen LogP contribution in [0, 0.1) is 12.8 Å². The van der Waals surface area contributed by atoms with Crippen LogP contribution in [-0.4, -0.2) is 52.4 Å². The molecule has 1 amide bonds. The molecule has 24 heavy (non-hydrogen) atoms. The average molecular weight is 328 g/mol. The number of likely N-dealkylation sites (tertiary alicyclic amines) is 1. The van der Waals surface area contributed by atoms with Gasteiger partial charge >= 0.3 is 0 Å². The van der Waals surface area contributed by atoms with Gasteiger partial charge in [-0.25, -0.2) is 0 Å². The van der Waals surface area contributed by atoms with Crippen molar-refractivity contribution in [3.8, 4) is 0 Å². The van der Waals surface area contributed by atoms with Crippen LogP contribution in [0.2, 0.25) is 0 Å². The number of H-pyrrole nitrogens is 1. The van der Waals surface area contributed by atoms with Gasteiger partial charge in [0, 0.05) is 43.9 Å². The quantitative estimate of drug-likeness (QED) is 0.768. The number of carbonyl (C=O) groups is 1. The van der Waals surface area contributed by atoms with Gasteiger partial charge in [-0.1, -0.05) is 12.1 Å². The lowest BCUT2D eigenvalue weighted by molar-refractivity contribution is 0.0963. The fourth-order valence-electron chi connectivity index (χ4n) is 3.28. The fraction of sp³-hybridized carbons (Fsp3) is 0.444. The Balaban J connectivity index is 1.57. The number of benzene rings is 1. The number of hydrogen-bond donors (Lipinski definition) is 3. The molecule has 128 valence electrons. The van der Waals surface area contributed by atoms with E-state index in [1.54, 1.807) is 7.05 Å². The molecule has 2 atom stereocenters. The number of aromatic nitrogens is 2. The second-order valence-corrected chi connectivity index (χ2v) is 6.54. The molecule has 3 N–H and O–H groups in total. The van der Waals surface area contributed by atoms with Crippen molar-refractivity contribution in [2.75, 3.05) is 20.1 Å². The van der Waals surface area contributed by atoms with E-state index in [0.29, 0.717) is 12.1 Å². The van der Waals surface area contributed by atoms with Crippen LogP contribution in [0.4, 0.5) is 0 Å². The lowest BCUT2D eigenvalue weighted by atomic mass is 10.0. The van der Waals surface area contributed by atoms with Crippen molar-refractivity contribution in [1.82, 2.24) is 20.4 Å². The van der Waals surface area contributed by atoms with E-state index < -0.39 is 0 Å². The molecule has 6 heteroatoms. The van der Waals surface area contributed by atoms with Gasteiger partial charge in [0.1, 0.15) is 0 Å². The number of aliphatic hydroxyl groups is 1. The summed E-state index contributed by atoms with van der Waals surface area (Å²) in [6.07, 6.45) is 0.463. The Kier molecular flexibility index (Phi) is 4.97. The second-order valence-electron chi connectivity index (χ2n) is 6.54. The zero-order chi connectivity index (χ0) is 17.1. The first kappa shape index (κ1) is 16.7. The van der Waals surface area contributed by atoms with Crippen LogP contribution >= 0.6 is 0 Å². The number of nitrogens with zero attached hydrogens (tertiary/aromatic N) is 2. The predicted molar refractivity (Wildman–Crippen MR) is 91.6 cm³/mol. The van der Waals surface area contributed by atoms with E-state index in [2.05, 4.69) is 20.4 Å². The Morgan fingerprint density at radius 1 is 1.38 bits per heavy atom. The van der Waals surface area contributed by atoms with Gasteiger partial charge in [0.05, 0.1) is 11.8 Å². The molecule has 0 unspecified atom stereocenters. The normalized spacial score (nSPS) is 21.1. The molecule has 2 heterocycles. The summed E-state index contributed by atoms with van der Waals surface area (Å²) in [6.45, 7) is 4.28. The van der Waals surface area contributed by atoms with Gasteiger partial charge < -0.3 is 10.4 Å². The van der Waals surface area contributed by atoms with Gasteiger partial charge in [0.15, 0.2) is 0 Å². The lowest BCUT2D eigenvalue weighted by Gasteiger charge is -2.15. The molecule has 1 aliphatic heterocycles. The molecule has 0 aliphatic carbocycles. The summed E-state index contributed by atoms with van der Waals surface area (Å²) in [6, 6.07) is 9.66. The van der Waals surface area contributed by atoms with Crippen molar-refractivity contribution in [1.29, 1.82) is 0 Å². The zero-order valence-electron chi connectivity index (χ0n) is 14.1. The monoisotopic (exact) mass is 328 g/mol. The lowest BCUT2D eigenvalue weighted by Crippen LogP contribution is -2.21. The second kappa shape index (κ2) is 7.15. The highest BCUT2D eigenvalue weighted by atomic mass is 16.3. The summed E-state index contributed by atoms with van der Waals surface area (Å²) in [7, 11) is 1.63. The Morgan fingerprint density at radius 3 is 2.75 bits per heavy atom. The summed E-state index contributed by atoms with van der Waals surface area (Å²) in [5.41, 5.74) is 3.86. The van der Waals surface area contributed by atoms with Crippen LogP contribution in [0.3, 0.4) is 0 Å². The van der Waals surface area contributed by atoms with Crippen LogP contribution in [0.15, 0.2) is 30.3 Å². The Hall–Kier alpha value is -2.18. The van der Waals surface area contributed by atoms with E-state index in [-0.39, 0.29) is 17.9 Å². The summed E-state index contributed by atoms with van der Waals surface area (Å²) < 4.78 is 0. The Morgan fingerprint density at radius 2 is 2.12 bits per heavy atom. The minimum atomic E-state index is -0.327. The van der Waals surface area contributed by atoms with Gasteiger partial charge in [-0.05, 0) is 37.1 Å².